The number of carbonyl (C=O) groups is 2. The SMILES string of the molecule is CCOC(=O)c1ccc(NC(=O)CSCc2ccccc2F)c(C)c1. The predicted molar refractivity (Wildman–Crippen MR) is 98.3 cm³/mol. The van der Waals surface area contributed by atoms with E-state index in [4.69, 9.17) is 4.74 Å². The first-order chi connectivity index (χ1) is 12.0. The number of amides is 1. The summed E-state index contributed by atoms with van der Waals surface area (Å²) in [6.07, 6.45) is 0. The molecule has 0 aliphatic heterocycles. The molecule has 4 nitrogen and oxygen atoms in total. The molecule has 1 amide bonds. The summed E-state index contributed by atoms with van der Waals surface area (Å²) in [7, 11) is 0. The molecular formula is C19H20FNO3S. The highest BCUT2D eigenvalue weighted by Crippen LogP contribution is 2.19. The molecule has 0 aromatic heterocycles. The topological polar surface area (TPSA) is 55.4 Å². The van der Waals surface area contributed by atoms with E-state index in [2.05, 4.69) is 5.32 Å². The van der Waals surface area contributed by atoms with E-state index in [1.54, 1.807) is 43.3 Å². The third kappa shape index (κ3) is 5.60. The van der Waals surface area contributed by atoms with Gasteiger partial charge in [0.25, 0.3) is 0 Å². The van der Waals surface area contributed by atoms with Gasteiger partial charge < -0.3 is 10.1 Å². The summed E-state index contributed by atoms with van der Waals surface area (Å²) in [4.78, 5) is 23.7. The fourth-order valence-corrected chi connectivity index (χ4v) is 3.01. The van der Waals surface area contributed by atoms with E-state index in [-0.39, 0.29) is 23.4 Å². The number of thioether (sulfide) groups is 1. The average Bonchev–Trinajstić information content (AvgIpc) is 2.58. The zero-order valence-corrected chi connectivity index (χ0v) is 15.0. The molecule has 0 heterocycles. The summed E-state index contributed by atoms with van der Waals surface area (Å²) in [6, 6.07) is 11.5. The van der Waals surface area contributed by atoms with E-state index in [0.717, 1.165) is 5.56 Å². The number of halogens is 1. The molecule has 6 heteroatoms. The first-order valence-electron chi connectivity index (χ1n) is 7.90. The first kappa shape index (κ1) is 19.0. The predicted octanol–water partition coefficient (Wildman–Crippen LogP) is 4.18. The smallest absolute Gasteiger partial charge is 0.338 e. The van der Waals surface area contributed by atoms with Crippen molar-refractivity contribution < 1.29 is 18.7 Å². The van der Waals surface area contributed by atoms with Crippen LogP contribution in [-0.2, 0) is 15.3 Å². The maximum atomic E-state index is 13.5. The van der Waals surface area contributed by atoms with Gasteiger partial charge in [0.15, 0.2) is 0 Å². The second-order valence-corrected chi connectivity index (χ2v) is 6.37. The molecule has 0 saturated heterocycles. The summed E-state index contributed by atoms with van der Waals surface area (Å²) in [6.45, 7) is 3.87. The van der Waals surface area contributed by atoms with Crippen LogP contribution in [0, 0.1) is 12.7 Å². The Labute approximate surface area is 150 Å². The number of benzene rings is 2. The highest BCUT2D eigenvalue weighted by atomic mass is 32.2. The summed E-state index contributed by atoms with van der Waals surface area (Å²) in [5.74, 6) is -0.174. The van der Waals surface area contributed by atoms with Gasteiger partial charge >= 0.3 is 5.97 Å². The van der Waals surface area contributed by atoms with Gasteiger partial charge in [0.05, 0.1) is 17.9 Å². The molecule has 25 heavy (non-hydrogen) atoms. The fraction of sp³-hybridized carbons (Fsp3) is 0.263. The lowest BCUT2D eigenvalue weighted by atomic mass is 10.1. The molecule has 0 radical (unpaired) electrons. The molecule has 2 rings (SSSR count). The van der Waals surface area contributed by atoms with Gasteiger partial charge in [-0.05, 0) is 49.2 Å². The van der Waals surface area contributed by atoms with Crippen LogP contribution in [0.25, 0.3) is 0 Å². The van der Waals surface area contributed by atoms with Gasteiger partial charge in [0.2, 0.25) is 5.91 Å². The van der Waals surface area contributed by atoms with Crippen LogP contribution in [0.15, 0.2) is 42.5 Å². The third-order valence-corrected chi connectivity index (χ3v) is 4.44. The van der Waals surface area contributed by atoms with Crippen LogP contribution in [0.2, 0.25) is 0 Å². The molecule has 0 atom stereocenters. The Kier molecular flexibility index (Phi) is 7.01. The maximum Gasteiger partial charge on any atom is 0.338 e. The van der Waals surface area contributed by atoms with Crippen LogP contribution in [0.3, 0.4) is 0 Å². The highest BCUT2D eigenvalue weighted by Gasteiger charge is 2.10. The second-order valence-electron chi connectivity index (χ2n) is 5.38. The average molecular weight is 361 g/mol. The van der Waals surface area contributed by atoms with Crippen LogP contribution in [0.5, 0.6) is 0 Å². The van der Waals surface area contributed by atoms with Crippen molar-refractivity contribution in [1.29, 1.82) is 0 Å². The van der Waals surface area contributed by atoms with E-state index in [1.807, 2.05) is 6.92 Å². The Morgan fingerprint density at radius 3 is 2.64 bits per heavy atom. The fourth-order valence-electron chi connectivity index (χ4n) is 2.20. The Morgan fingerprint density at radius 1 is 1.20 bits per heavy atom. The van der Waals surface area contributed by atoms with Gasteiger partial charge in [0, 0.05) is 11.4 Å². The Morgan fingerprint density at radius 2 is 1.96 bits per heavy atom. The Balaban J connectivity index is 1.88. The van der Waals surface area contributed by atoms with Crippen LogP contribution < -0.4 is 5.32 Å². The lowest BCUT2D eigenvalue weighted by molar-refractivity contribution is -0.113. The second kappa shape index (κ2) is 9.22. The number of ether oxygens (including phenoxy) is 1. The van der Waals surface area contributed by atoms with Crippen LogP contribution in [0.1, 0.15) is 28.4 Å². The number of hydrogen-bond donors (Lipinski definition) is 1. The number of aryl methyl sites for hydroxylation is 1. The van der Waals surface area contributed by atoms with Crippen molar-refractivity contribution in [2.45, 2.75) is 19.6 Å². The molecule has 1 N–H and O–H groups in total. The van der Waals surface area contributed by atoms with Gasteiger partial charge in [-0.2, -0.15) is 0 Å². The minimum Gasteiger partial charge on any atom is -0.462 e. The number of nitrogens with one attached hydrogen (secondary N) is 1. The molecule has 0 bridgehead atoms. The molecular weight excluding hydrogens is 341 g/mol. The van der Waals surface area contributed by atoms with Crippen LogP contribution >= 0.6 is 11.8 Å². The lowest BCUT2D eigenvalue weighted by Crippen LogP contribution is -2.15. The number of esters is 1. The summed E-state index contributed by atoms with van der Waals surface area (Å²) >= 11 is 1.34. The number of rotatable bonds is 7. The van der Waals surface area contributed by atoms with Crippen molar-refractivity contribution in [3.8, 4) is 0 Å². The van der Waals surface area contributed by atoms with Gasteiger partial charge in [-0.15, -0.1) is 11.8 Å². The molecule has 0 aliphatic carbocycles. The van der Waals surface area contributed by atoms with Crippen molar-refractivity contribution in [1.82, 2.24) is 0 Å². The van der Waals surface area contributed by atoms with Crippen molar-refractivity contribution in [2.24, 2.45) is 0 Å². The van der Waals surface area contributed by atoms with Gasteiger partial charge in [0.1, 0.15) is 5.82 Å². The zero-order valence-electron chi connectivity index (χ0n) is 14.2. The third-order valence-electron chi connectivity index (χ3n) is 3.46. The molecule has 0 aliphatic rings. The normalized spacial score (nSPS) is 10.4. The number of carbonyl (C=O) groups excluding carboxylic acids is 2. The molecule has 2 aromatic rings. The van der Waals surface area contributed by atoms with Gasteiger partial charge in [-0.1, -0.05) is 18.2 Å². The van der Waals surface area contributed by atoms with Crippen molar-refractivity contribution in [3.63, 3.8) is 0 Å². The van der Waals surface area contributed by atoms with Crippen LogP contribution in [0.4, 0.5) is 10.1 Å². The lowest BCUT2D eigenvalue weighted by Gasteiger charge is -2.10. The van der Waals surface area contributed by atoms with E-state index in [1.165, 1.54) is 17.8 Å². The number of hydrogen-bond acceptors (Lipinski definition) is 4. The molecule has 132 valence electrons. The summed E-state index contributed by atoms with van der Waals surface area (Å²) < 4.78 is 18.5. The molecule has 0 saturated carbocycles. The molecule has 0 spiro atoms. The standard InChI is InChI=1S/C19H20FNO3S/c1-3-24-19(23)14-8-9-17(13(2)10-14)21-18(22)12-25-11-15-6-4-5-7-16(15)20/h4-10H,3,11-12H2,1-2H3,(H,21,22). The monoisotopic (exact) mass is 361 g/mol. The van der Waals surface area contributed by atoms with E-state index >= 15 is 0 Å². The van der Waals surface area contributed by atoms with E-state index in [0.29, 0.717) is 29.2 Å². The van der Waals surface area contributed by atoms with Gasteiger partial charge in [-0.25, -0.2) is 9.18 Å². The van der Waals surface area contributed by atoms with E-state index in [9.17, 15) is 14.0 Å². The largest absolute Gasteiger partial charge is 0.462 e. The van der Waals surface area contributed by atoms with Crippen molar-refractivity contribution >= 4 is 29.3 Å². The van der Waals surface area contributed by atoms with E-state index < -0.39 is 0 Å². The van der Waals surface area contributed by atoms with Crippen molar-refractivity contribution in [3.05, 3.63) is 65.0 Å². The van der Waals surface area contributed by atoms with Gasteiger partial charge in [-0.3, -0.25) is 4.79 Å². The molecule has 0 fully saturated rings. The Hall–Kier alpha value is -2.34. The number of anilines is 1. The quantitative estimate of drug-likeness (QED) is 0.752. The molecule has 0 unspecified atom stereocenters. The highest BCUT2D eigenvalue weighted by molar-refractivity contribution is 7.99. The van der Waals surface area contributed by atoms with Crippen LogP contribution in [-0.4, -0.2) is 24.2 Å². The summed E-state index contributed by atoms with van der Waals surface area (Å²) in [5, 5.41) is 2.80. The zero-order chi connectivity index (χ0) is 18.2. The van der Waals surface area contributed by atoms with Crippen molar-refractivity contribution in [2.75, 3.05) is 17.7 Å². The Bertz CT molecular complexity index is 764. The summed E-state index contributed by atoms with van der Waals surface area (Å²) in [5.41, 5.74) is 2.45. The first-order valence-corrected chi connectivity index (χ1v) is 9.05. The maximum absolute atomic E-state index is 13.5. The molecule has 2 aromatic carbocycles. The minimum atomic E-state index is -0.385. The minimum absolute atomic E-state index is 0.173.